The van der Waals surface area contributed by atoms with Crippen molar-refractivity contribution in [1.29, 1.82) is 0 Å². The number of ether oxygens (including phenoxy) is 6. The number of epoxide rings is 2. The number of benzene rings is 4. The first-order valence-corrected chi connectivity index (χ1v) is 16.5. The number of hydrogen-bond donors (Lipinski definition) is 1. The van der Waals surface area contributed by atoms with Crippen molar-refractivity contribution >= 4 is 0 Å². The van der Waals surface area contributed by atoms with Gasteiger partial charge >= 0.3 is 0 Å². The normalized spacial score (nSPS) is 20.2. The van der Waals surface area contributed by atoms with Crippen molar-refractivity contribution in [3.05, 3.63) is 124 Å². The van der Waals surface area contributed by atoms with E-state index in [9.17, 15) is 5.11 Å². The zero-order valence-corrected chi connectivity index (χ0v) is 27.6. The van der Waals surface area contributed by atoms with Gasteiger partial charge in [0.25, 0.3) is 0 Å². The number of fused-ring (bicyclic) bond motifs is 1. The summed E-state index contributed by atoms with van der Waals surface area (Å²) in [4.78, 5) is 0. The first-order chi connectivity index (χ1) is 22.7. The molecule has 0 amide bonds. The fourth-order valence-electron chi connectivity index (χ4n) is 5.93. The highest BCUT2D eigenvalue weighted by atomic mass is 16.6. The van der Waals surface area contributed by atoms with Crippen LogP contribution in [0.1, 0.15) is 67.2 Å². The standard InChI is InChI=1S/C40H44O7/c1-39(2,27-7-16-33(17-8-27)44-22-34-23-45-34)26-5-12-31(13-6-26)42-20-30(41)21-43-32-14-9-28(10-15-32)40(3,4)29-11-18-36-37(19-29)38(36)47-25-35-24-46-35/h5-19,30,34-35,38,41H,20-25H2,1-4H3. The second kappa shape index (κ2) is 13.0. The van der Waals surface area contributed by atoms with Gasteiger partial charge in [0.15, 0.2) is 0 Å². The van der Waals surface area contributed by atoms with Gasteiger partial charge in [0.05, 0.1) is 19.8 Å². The predicted molar refractivity (Wildman–Crippen MR) is 180 cm³/mol. The van der Waals surface area contributed by atoms with Crippen LogP contribution >= 0.6 is 0 Å². The van der Waals surface area contributed by atoms with Crippen LogP contribution in [0.2, 0.25) is 0 Å². The Hall–Kier alpha value is -3.88. The van der Waals surface area contributed by atoms with Crippen molar-refractivity contribution in [2.24, 2.45) is 0 Å². The Kier molecular flexibility index (Phi) is 8.75. The minimum Gasteiger partial charge on any atom is -0.491 e. The second-order valence-electron chi connectivity index (χ2n) is 13.9. The largest absolute Gasteiger partial charge is 0.491 e. The Morgan fingerprint density at radius 1 is 0.596 bits per heavy atom. The van der Waals surface area contributed by atoms with Gasteiger partial charge < -0.3 is 33.5 Å². The van der Waals surface area contributed by atoms with Crippen molar-refractivity contribution in [3.63, 3.8) is 0 Å². The van der Waals surface area contributed by atoms with Gasteiger partial charge in [-0.2, -0.15) is 0 Å². The molecule has 2 aliphatic heterocycles. The number of aliphatic hydroxyl groups is 1. The zero-order valence-electron chi connectivity index (χ0n) is 27.6. The van der Waals surface area contributed by atoms with Gasteiger partial charge in [-0.25, -0.2) is 0 Å². The third-order valence-electron chi connectivity index (χ3n) is 9.59. The Morgan fingerprint density at radius 3 is 1.51 bits per heavy atom. The Labute approximate surface area is 277 Å². The minimum atomic E-state index is -0.769. The molecule has 7 rings (SSSR count). The van der Waals surface area contributed by atoms with E-state index < -0.39 is 6.10 Å². The zero-order chi connectivity index (χ0) is 32.6. The fourth-order valence-corrected chi connectivity index (χ4v) is 5.93. The van der Waals surface area contributed by atoms with Gasteiger partial charge in [0.1, 0.15) is 61.5 Å². The highest BCUT2D eigenvalue weighted by Gasteiger charge is 2.37. The summed E-state index contributed by atoms with van der Waals surface area (Å²) in [5.41, 5.74) is 6.99. The molecule has 1 aliphatic carbocycles. The summed E-state index contributed by atoms with van der Waals surface area (Å²) in [5.74, 6) is 2.27. The molecule has 2 heterocycles. The average Bonchev–Trinajstić information content (AvgIpc) is 3.96. The fraction of sp³-hybridized carbons (Fsp3) is 0.400. The van der Waals surface area contributed by atoms with E-state index in [4.69, 9.17) is 28.4 Å². The molecule has 47 heavy (non-hydrogen) atoms. The van der Waals surface area contributed by atoms with E-state index in [0.29, 0.717) is 24.7 Å². The van der Waals surface area contributed by atoms with Gasteiger partial charge in [0, 0.05) is 10.8 Å². The summed E-state index contributed by atoms with van der Waals surface area (Å²) >= 11 is 0. The third-order valence-corrected chi connectivity index (χ3v) is 9.59. The Morgan fingerprint density at radius 2 is 1.02 bits per heavy atom. The maximum absolute atomic E-state index is 10.6. The van der Waals surface area contributed by atoms with E-state index in [2.05, 4.69) is 82.3 Å². The Bertz CT molecular complexity index is 1650. The first-order valence-electron chi connectivity index (χ1n) is 16.5. The minimum absolute atomic E-state index is 0.115. The van der Waals surface area contributed by atoms with Crippen LogP contribution in [0.4, 0.5) is 0 Å². The summed E-state index contributed by atoms with van der Waals surface area (Å²) in [6.45, 7) is 12.0. The molecule has 2 saturated heterocycles. The lowest BCUT2D eigenvalue weighted by molar-refractivity contribution is 0.0626. The van der Waals surface area contributed by atoms with Crippen LogP contribution in [-0.4, -0.2) is 63.1 Å². The molecule has 4 aromatic carbocycles. The lowest BCUT2D eigenvalue weighted by Gasteiger charge is -2.26. The summed E-state index contributed by atoms with van der Waals surface area (Å²) in [6, 6.07) is 31.1. The number of hydrogen-bond acceptors (Lipinski definition) is 7. The second-order valence-corrected chi connectivity index (χ2v) is 13.9. The van der Waals surface area contributed by atoms with Gasteiger partial charge in [-0.15, -0.1) is 0 Å². The van der Waals surface area contributed by atoms with Crippen LogP contribution in [0.5, 0.6) is 17.2 Å². The first kappa shape index (κ1) is 31.7. The predicted octanol–water partition coefficient (Wildman–Crippen LogP) is 6.75. The monoisotopic (exact) mass is 636 g/mol. The molecule has 0 spiro atoms. The maximum atomic E-state index is 10.6. The van der Waals surface area contributed by atoms with Crippen molar-refractivity contribution in [1.82, 2.24) is 0 Å². The summed E-state index contributed by atoms with van der Waals surface area (Å²) < 4.78 is 34.1. The van der Waals surface area contributed by atoms with Crippen LogP contribution in [0.3, 0.4) is 0 Å². The van der Waals surface area contributed by atoms with Crippen LogP contribution in [-0.2, 0) is 25.0 Å². The molecular weight excluding hydrogens is 592 g/mol. The molecule has 1 N–H and O–H groups in total. The maximum Gasteiger partial charge on any atom is 0.122 e. The smallest absolute Gasteiger partial charge is 0.122 e. The van der Waals surface area contributed by atoms with E-state index in [0.717, 1.165) is 19.0 Å². The molecule has 4 unspecified atom stereocenters. The van der Waals surface area contributed by atoms with Crippen LogP contribution in [0, 0.1) is 0 Å². The highest BCUT2D eigenvalue weighted by molar-refractivity contribution is 5.54. The Balaban J connectivity index is 0.867. The van der Waals surface area contributed by atoms with E-state index in [1.165, 1.54) is 33.4 Å². The molecule has 3 aliphatic rings. The van der Waals surface area contributed by atoms with Gasteiger partial charge in [-0.3, -0.25) is 0 Å². The van der Waals surface area contributed by atoms with Crippen molar-refractivity contribution in [2.75, 3.05) is 39.6 Å². The quantitative estimate of drug-likeness (QED) is 0.136. The lowest BCUT2D eigenvalue weighted by atomic mass is 9.78. The number of rotatable bonds is 16. The van der Waals surface area contributed by atoms with E-state index in [1.54, 1.807) is 0 Å². The molecule has 4 atom stereocenters. The van der Waals surface area contributed by atoms with Gasteiger partial charge in [-0.1, -0.05) is 82.3 Å². The van der Waals surface area contributed by atoms with Crippen molar-refractivity contribution < 1.29 is 33.5 Å². The molecule has 0 saturated carbocycles. The van der Waals surface area contributed by atoms with Gasteiger partial charge in [0.2, 0.25) is 0 Å². The van der Waals surface area contributed by atoms with Crippen LogP contribution < -0.4 is 14.2 Å². The molecule has 7 heteroatoms. The van der Waals surface area contributed by atoms with Crippen LogP contribution in [0.25, 0.3) is 0 Å². The molecule has 0 bridgehead atoms. The average molecular weight is 637 g/mol. The van der Waals surface area contributed by atoms with Crippen molar-refractivity contribution in [2.45, 2.75) is 62.9 Å². The summed E-state index contributed by atoms with van der Waals surface area (Å²) in [7, 11) is 0. The summed E-state index contributed by atoms with van der Waals surface area (Å²) in [6.07, 6.45) is -0.137. The molecule has 2 fully saturated rings. The molecule has 7 nitrogen and oxygen atoms in total. The third kappa shape index (κ3) is 7.49. The molecule has 4 aromatic rings. The van der Waals surface area contributed by atoms with Gasteiger partial charge in [-0.05, 0) is 69.8 Å². The SMILES string of the molecule is CC(C)(c1ccc(OCC(O)COc2ccc(C(C)(C)c3ccc4c(c3)C4OCC3CO3)cc2)cc1)c1ccc(OCC2CO2)cc1. The molecule has 246 valence electrons. The molecular formula is C40H44O7. The summed E-state index contributed by atoms with van der Waals surface area (Å²) in [5, 5.41) is 10.6. The van der Waals surface area contributed by atoms with Crippen LogP contribution in [0.15, 0.2) is 91.0 Å². The number of aliphatic hydroxyl groups excluding tert-OH is 1. The topological polar surface area (TPSA) is 82.2 Å². The van der Waals surface area contributed by atoms with E-state index in [-0.39, 0.29) is 42.4 Å². The van der Waals surface area contributed by atoms with Crippen molar-refractivity contribution in [3.8, 4) is 17.2 Å². The molecule has 0 radical (unpaired) electrons. The van der Waals surface area contributed by atoms with E-state index in [1.807, 2.05) is 36.4 Å². The molecule has 0 aromatic heterocycles. The highest BCUT2D eigenvalue weighted by Crippen LogP contribution is 2.47. The van der Waals surface area contributed by atoms with E-state index >= 15 is 0 Å². The lowest BCUT2D eigenvalue weighted by Crippen LogP contribution is -2.25.